The molecule has 1 heterocycles. The van der Waals surface area contributed by atoms with Crippen molar-refractivity contribution in [2.24, 2.45) is 4.99 Å². The number of aromatic nitrogens is 2. The smallest absolute Gasteiger partial charge is 0.405 e. The minimum atomic E-state index is -4.75. The summed E-state index contributed by atoms with van der Waals surface area (Å²) < 4.78 is 44.1. The lowest BCUT2D eigenvalue weighted by atomic mass is 10.2. The zero-order valence-corrected chi connectivity index (χ0v) is 20.5. The van der Waals surface area contributed by atoms with Gasteiger partial charge in [0.25, 0.3) is 0 Å². The summed E-state index contributed by atoms with van der Waals surface area (Å²) in [6, 6.07) is 16.1. The maximum Gasteiger partial charge on any atom is 0.573 e. The van der Waals surface area contributed by atoms with Crippen molar-refractivity contribution in [3.8, 4) is 5.75 Å². The van der Waals surface area contributed by atoms with Gasteiger partial charge in [0, 0.05) is 44.0 Å². The summed E-state index contributed by atoms with van der Waals surface area (Å²) in [6.45, 7) is 3.89. The van der Waals surface area contributed by atoms with Crippen molar-refractivity contribution in [1.29, 1.82) is 0 Å². The van der Waals surface area contributed by atoms with Crippen LogP contribution in [0.3, 0.4) is 0 Å². The van der Waals surface area contributed by atoms with E-state index in [0.717, 1.165) is 12.4 Å². The van der Waals surface area contributed by atoms with Gasteiger partial charge in [-0.25, -0.2) is 9.98 Å². The number of nitrogens with zero attached hydrogens (tertiary/aromatic N) is 3. The number of hydrogen-bond acceptors (Lipinski definition) is 3. The molecular weight excluding hydrogens is 546 g/mol. The number of benzene rings is 2. The molecule has 3 rings (SSSR count). The predicted molar refractivity (Wildman–Crippen MR) is 133 cm³/mol. The van der Waals surface area contributed by atoms with E-state index in [2.05, 4.69) is 42.0 Å². The minimum Gasteiger partial charge on any atom is -0.405 e. The Kier molecular flexibility index (Phi) is 10.5. The van der Waals surface area contributed by atoms with E-state index in [1.54, 1.807) is 18.3 Å². The van der Waals surface area contributed by atoms with E-state index in [1.165, 1.54) is 17.7 Å². The third kappa shape index (κ3) is 8.95. The second-order valence-corrected chi connectivity index (χ2v) is 6.98. The van der Waals surface area contributed by atoms with Crippen LogP contribution in [0.2, 0.25) is 0 Å². The third-order valence-corrected chi connectivity index (χ3v) is 4.59. The highest BCUT2D eigenvalue weighted by Crippen LogP contribution is 2.26. The molecule has 0 radical (unpaired) electrons. The number of ether oxygens (including phenoxy) is 1. The molecule has 0 atom stereocenters. The van der Waals surface area contributed by atoms with Gasteiger partial charge in [0.2, 0.25) is 0 Å². The van der Waals surface area contributed by atoms with Gasteiger partial charge < -0.3 is 19.9 Å². The normalized spacial score (nSPS) is 11.6. The molecule has 178 valence electrons. The lowest BCUT2D eigenvalue weighted by Crippen LogP contribution is -2.38. The third-order valence-electron chi connectivity index (χ3n) is 4.59. The van der Waals surface area contributed by atoms with Gasteiger partial charge in [-0.05, 0) is 18.6 Å². The van der Waals surface area contributed by atoms with Crippen LogP contribution >= 0.6 is 24.0 Å². The van der Waals surface area contributed by atoms with E-state index in [4.69, 9.17) is 0 Å². The minimum absolute atomic E-state index is 0. The molecule has 2 aromatic carbocycles. The number of rotatable bonds is 9. The van der Waals surface area contributed by atoms with Gasteiger partial charge in [0.1, 0.15) is 11.6 Å². The SMILES string of the molecule is CCNC(=NCc1ccccc1OC(F)(F)F)NCCc1nccn1Cc1ccccc1.I. The van der Waals surface area contributed by atoms with Crippen molar-refractivity contribution < 1.29 is 17.9 Å². The number of imidazole rings is 1. The van der Waals surface area contributed by atoms with Crippen LogP contribution in [0.25, 0.3) is 0 Å². The van der Waals surface area contributed by atoms with Crippen molar-refractivity contribution in [2.45, 2.75) is 32.8 Å². The monoisotopic (exact) mass is 573 g/mol. The van der Waals surface area contributed by atoms with E-state index < -0.39 is 6.36 Å². The fourth-order valence-electron chi connectivity index (χ4n) is 3.15. The molecule has 0 aliphatic carbocycles. The van der Waals surface area contributed by atoms with Crippen molar-refractivity contribution >= 4 is 29.9 Å². The Labute approximate surface area is 208 Å². The Morgan fingerprint density at radius 2 is 1.79 bits per heavy atom. The molecule has 0 unspecified atom stereocenters. The molecule has 3 aromatic rings. The second-order valence-electron chi connectivity index (χ2n) is 6.98. The number of hydrogen-bond donors (Lipinski definition) is 2. The maximum absolute atomic E-state index is 12.6. The van der Waals surface area contributed by atoms with Crippen molar-refractivity contribution in [3.05, 3.63) is 83.9 Å². The van der Waals surface area contributed by atoms with Crippen molar-refractivity contribution in [1.82, 2.24) is 20.2 Å². The molecule has 2 N–H and O–H groups in total. The first-order valence-corrected chi connectivity index (χ1v) is 10.3. The molecule has 0 saturated heterocycles. The van der Waals surface area contributed by atoms with Gasteiger partial charge in [0.15, 0.2) is 5.96 Å². The summed E-state index contributed by atoms with van der Waals surface area (Å²) in [5, 5.41) is 6.31. The summed E-state index contributed by atoms with van der Waals surface area (Å²) in [7, 11) is 0. The molecule has 0 bridgehead atoms. The molecule has 6 nitrogen and oxygen atoms in total. The number of aliphatic imine (C=N–C) groups is 1. The van der Waals surface area contributed by atoms with Gasteiger partial charge in [0.05, 0.1) is 6.54 Å². The first-order valence-electron chi connectivity index (χ1n) is 10.3. The Morgan fingerprint density at radius 1 is 1.06 bits per heavy atom. The number of guanidine groups is 1. The van der Waals surface area contributed by atoms with Crippen molar-refractivity contribution in [2.75, 3.05) is 13.1 Å². The topological polar surface area (TPSA) is 63.5 Å². The van der Waals surface area contributed by atoms with E-state index in [-0.39, 0.29) is 36.3 Å². The largest absolute Gasteiger partial charge is 0.573 e. The zero-order valence-electron chi connectivity index (χ0n) is 18.2. The molecule has 0 aliphatic rings. The quantitative estimate of drug-likeness (QED) is 0.221. The Morgan fingerprint density at radius 3 is 2.52 bits per heavy atom. The fraction of sp³-hybridized carbons (Fsp3) is 0.304. The molecule has 10 heteroatoms. The average molecular weight is 573 g/mol. The Hall–Kier alpha value is -2.76. The van der Waals surface area contributed by atoms with Gasteiger partial charge in [-0.3, -0.25) is 0 Å². The number of halogens is 4. The van der Waals surface area contributed by atoms with Crippen LogP contribution in [0, 0.1) is 0 Å². The summed E-state index contributed by atoms with van der Waals surface area (Å²) >= 11 is 0. The van der Waals surface area contributed by atoms with Crippen LogP contribution in [0.15, 0.2) is 72.0 Å². The average Bonchev–Trinajstić information content (AvgIpc) is 3.19. The molecule has 1 aromatic heterocycles. The number of alkyl halides is 3. The van der Waals surface area contributed by atoms with Crippen LogP contribution in [-0.4, -0.2) is 35.0 Å². The van der Waals surface area contributed by atoms with Gasteiger partial charge in [-0.2, -0.15) is 0 Å². The van der Waals surface area contributed by atoms with Crippen LogP contribution in [0.1, 0.15) is 23.9 Å². The summed E-state index contributed by atoms with van der Waals surface area (Å²) in [4.78, 5) is 8.84. The number of para-hydroxylation sites is 1. The lowest BCUT2D eigenvalue weighted by molar-refractivity contribution is -0.274. The lowest BCUT2D eigenvalue weighted by Gasteiger charge is -2.14. The maximum atomic E-state index is 12.6. The highest BCUT2D eigenvalue weighted by atomic mass is 127. The zero-order chi connectivity index (χ0) is 22.8. The summed E-state index contributed by atoms with van der Waals surface area (Å²) in [5.41, 5.74) is 1.54. The highest BCUT2D eigenvalue weighted by molar-refractivity contribution is 14.0. The van der Waals surface area contributed by atoms with E-state index >= 15 is 0 Å². The standard InChI is InChI=1S/C23H26F3N5O.HI/c1-2-27-22(30-16-19-10-6-7-11-20(19)32-23(24,25)26)29-13-12-21-28-14-15-31(21)17-18-8-4-3-5-9-18;/h3-11,14-15H,2,12-13,16-17H2,1H3,(H2,27,29,30);1H. The molecule has 33 heavy (non-hydrogen) atoms. The Balaban J connectivity index is 0.00000385. The van der Waals surface area contributed by atoms with E-state index in [9.17, 15) is 13.2 Å². The molecule has 0 amide bonds. The van der Waals surface area contributed by atoms with Crippen LogP contribution in [0.4, 0.5) is 13.2 Å². The van der Waals surface area contributed by atoms with Gasteiger partial charge >= 0.3 is 6.36 Å². The summed E-state index contributed by atoms with van der Waals surface area (Å²) in [5.74, 6) is 1.19. The van der Waals surface area contributed by atoms with Crippen LogP contribution in [0.5, 0.6) is 5.75 Å². The van der Waals surface area contributed by atoms with Crippen molar-refractivity contribution in [3.63, 3.8) is 0 Å². The predicted octanol–water partition coefficient (Wildman–Crippen LogP) is 4.75. The van der Waals surface area contributed by atoms with Gasteiger partial charge in [-0.1, -0.05) is 48.5 Å². The fourth-order valence-corrected chi connectivity index (χ4v) is 3.15. The van der Waals surface area contributed by atoms with E-state index in [0.29, 0.717) is 31.0 Å². The molecule has 0 spiro atoms. The molecule has 0 aliphatic heterocycles. The van der Waals surface area contributed by atoms with E-state index in [1.807, 2.05) is 31.3 Å². The first kappa shape index (κ1) is 26.5. The van der Waals surface area contributed by atoms with Crippen LogP contribution in [-0.2, 0) is 19.5 Å². The van der Waals surface area contributed by atoms with Crippen LogP contribution < -0.4 is 15.4 Å². The second kappa shape index (κ2) is 13.1. The molecule has 0 fully saturated rings. The van der Waals surface area contributed by atoms with Gasteiger partial charge in [-0.15, -0.1) is 37.1 Å². The molecular formula is C23H27F3IN5O. The summed E-state index contributed by atoms with van der Waals surface area (Å²) in [6.07, 6.45) is -0.364. The molecule has 0 saturated carbocycles. The number of nitrogens with one attached hydrogen (secondary N) is 2. The Bertz CT molecular complexity index is 1010. The highest BCUT2D eigenvalue weighted by Gasteiger charge is 2.31. The first-order chi connectivity index (χ1) is 15.4.